The maximum absolute atomic E-state index is 5.57. The maximum Gasteiger partial charge on any atom is 0.217 e. The van der Waals surface area contributed by atoms with Crippen LogP contribution in [0.4, 0.5) is 5.69 Å². The van der Waals surface area contributed by atoms with Crippen LogP contribution in [0.25, 0.3) is 11.0 Å². The minimum absolute atomic E-state index is 0.663. The van der Waals surface area contributed by atoms with Gasteiger partial charge in [0.1, 0.15) is 29.3 Å². The van der Waals surface area contributed by atoms with Crippen molar-refractivity contribution >= 4 is 28.5 Å². The minimum Gasteiger partial charge on any atom is -0.497 e. The van der Waals surface area contributed by atoms with Gasteiger partial charge in [0.15, 0.2) is 0 Å². The summed E-state index contributed by atoms with van der Waals surface area (Å²) in [6.45, 7) is 1.50. The molecule has 0 spiro atoms. The number of rotatable bonds is 2. The number of aliphatic imine (C=N–C) groups is 2. The average molecular weight is 347 g/mol. The number of ether oxygens (including phenoxy) is 2. The van der Waals surface area contributed by atoms with E-state index in [1.807, 2.05) is 41.0 Å². The monoisotopic (exact) mass is 347 g/mol. The summed E-state index contributed by atoms with van der Waals surface area (Å²) in [5.41, 5.74) is 3.62. The smallest absolute Gasteiger partial charge is 0.217 e. The van der Waals surface area contributed by atoms with E-state index in [1.54, 1.807) is 20.5 Å². The third kappa shape index (κ3) is 2.03. The lowest BCUT2D eigenvalue weighted by Crippen LogP contribution is -2.41. The van der Waals surface area contributed by atoms with Gasteiger partial charge in [-0.05, 0) is 18.2 Å². The molecule has 3 aromatic rings. The quantitative estimate of drug-likeness (QED) is 0.715. The predicted molar refractivity (Wildman–Crippen MR) is 99.9 cm³/mol. The molecule has 0 unspecified atom stereocenters. The molecule has 0 N–H and O–H groups in total. The molecule has 130 valence electrons. The van der Waals surface area contributed by atoms with Crippen molar-refractivity contribution in [2.75, 3.05) is 27.3 Å². The number of benzene rings is 2. The minimum atomic E-state index is 0.663. The molecule has 5 rings (SSSR count). The fourth-order valence-corrected chi connectivity index (χ4v) is 3.48. The van der Waals surface area contributed by atoms with E-state index < -0.39 is 0 Å². The average Bonchev–Trinajstić information content (AvgIpc) is 3.34. The number of nitrogens with zero attached hydrogens (tertiary/aromatic N) is 5. The fraction of sp³-hybridized carbons (Fsp3) is 0.211. The summed E-state index contributed by atoms with van der Waals surface area (Å²) in [6, 6.07) is 11.8. The highest BCUT2D eigenvalue weighted by Gasteiger charge is 2.33. The largest absolute Gasteiger partial charge is 0.497 e. The van der Waals surface area contributed by atoms with Crippen LogP contribution in [-0.2, 0) is 0 Å². The molecule has 3 heterocycles. The van der Waals surface area contributed by atoms with Gasteiger partial charge in [0.2, 0.25) is 5.96 Å². The molecule has 0 radical (unpaired) electrons. The highest BCUT2D eigenvalue weighted by molar-refractivity contribution is 6.17. The van der Waals surface area contributed by atoms with Crippen molar-refractivity contribution in [1.29, 1.82) is 0 Å². The number of para-hydroxylation sites is 2. The van der Waals surface area contributed by atoms with E-state index in [9.17, 15) is 0 Å². The number of imidazole rings is 1. The normalized spacial score (nSPS) is 15.4. The molecule has 0 saturated heterocycles. The summed E-state index contributed by atoms with van der Waals surface area (Å²) >= 11 is 0. The zero-order chi connectivity index (χ0) is 17.7. The van der Waals surface area contributed by atoms with Crippen LogP contribution < -0.4 is 9.47 Å². The second kappa shape index (κ2) is 5.59. The third-order valence-corrected chi connectivity index (χ3v) is 4.71. The first-order valence-electron chi connectivity index (χ1n) is 8.39. The van der Waals surface area contributed by atoms with Crippen LogP contribution >= 0.6 is 0 Å². The van der Waals surface area contributed by atoms with Gasteiger partial charge in [-0.25, -0.2) is 9.98 Å². The lowest BCUT2D eigenvalue weighted by molar-refractivity contribution is 0.394. The maximum atomic E-state index is 5.57. The van der Waals surface area contributed by atoms with Crippen molar-refractivity contribution in [2.24, 2.45) is 9.98 Å². The Bertz CT molecular complexity index is 1080. The Balaban J connectivity index is 1.78. The summed E-state index contributed by atoms with van der Waals surface area (Å²) in [7, 11) is 3.28. The molecule has 26 heavy (non-hydrogen) atoms. The Kier molecular flexibility index (Phi) is 3.21. The number of hydrogen-bond donors (Lipinski definition) is 0. The van der Waals surface area contributed by atoms with Gasteiger partial charge < -0.3 is 9.47 Å². The molecule has 0 saturated carbocycles. The van der Waals surface area contributed by atoms with Crippen LogP contribution in [0.3, 0.4) is 0 Å². The van der Waals surface area contributed by atoms with Gasteiger partial charge in [-0.1, -0.05) is 12.1 Å². The second-order valence-electron chi connectivity index (χ2n) is 6.10. The molecule has 0 atom stereocenters. The molecule has 0 amide bonds. The van der Waals surface area contributed by atoms with Crippen LogP contribution in [-0.4, -0.2) is 53.6 Å². The van der Waals surface area contributed by atoms with E-state index in [4.69, 9.17) is 19.5 Å². The molecule has 7 heteroatoms. The fourth-order valence-electron chi connectivity index (χ4n) is 3.48. The molecule has 0 fully saturated rings. The van der Waals surface area contributed by atoms with Gasteiger partial charge in [-0.15, -0.1) is 0 Å². The second-order valence-corrected chi connectivity index (χ2v) is 6.10. The Hall–Kier alpha value is -3.35. The molecule has 2 aliphatic rings. The van der Waals surface area contributed by atoms with E-state index in [0.29, 0.717) is 5.75 Å². The standard InChI is InChI=1S/C19H17N5O2/c1-25-12-9-13-17(16(10-12)26-2)22-19(23-8-7-20-18(13)23)24-11-21-14-5-3-4-6-15(14)24/h3-6,9-11H,7-8H2,1-2H3. The molecule has 2 aromatic carbocycles. The van der Waals surface area contributed by atoms with Gasteiger partial charge in [-0.2, -0.15) is 0 Å². The van der Waals surface area contributed by atoms with Crippen molar-refractivity contribution in [2.45, 2.75) is 0 Å². The SMILES string of the molecule is COc1cc(OC)c2c(c1)C1=NCCN1C(n1cnc3ccccc31)=N2. The Labute approximate surface area is 150 Å². The summed E-state index contributed by atoms with van der Waals surface area (Å²) in [6.07, 6.45) is 1.81. The van der Waals surface area contributed by atoms with Gasteiger partial charge in [0, 0.05) is 12.6 Å². The van der Waals surface area contributed by atoms with Crippen molar-refractivity contribution in [3.63, 3.8) is 0 Å². The lowest BCUT2D eigenvalue weighted by Gasteiger charge is -2.28. The Morgan fingerprint density at radius 2 is 1.96 bits per heavy atom. The highest BCUT2D eigenvalue weighted by Crippen LogP contribution is 2.40. The van der Waals surface area contributed by atoms with Gasteiger partial charge >= 0.3 is 0 Å². The zero-order valence-electron chi connectivity index (χ0n) is 14.5. The van der Waals surface area contributed by atoms with Crippen LogP contribution in [0.5, 0.6) is 11.5 Å². The number of hydrogen-bond acceptors (Lipinski definition) is 6. The van der Waals surface area contributed by atoms with Crippen LogP contribution in [0, 0.1) is 0 Å². The summed E-state index contributed by atoms with van der Waals surface area (Å²) in [4.78, 5) is 16.3. The molecule has 1 aromatic heterocycles. The number of amidine groups is 1. The molecular formula is C19H17N5O2. The van der Waals surface area contributed by atoms with E-state index >= 15 is 0 Å². The first-order chi connectivity index (χ1) is 12.8. The van der Waals surface area contributed by atoms with E-state index in [-0.39, 0.29) is 0 Å². The Morgan fingerprint density at radius 1 is 1.08 bits per heavy atom. The first kappa shape index (κ1) is 14.9. The summed E-state index contributed by atoms with van der Waals surface area (Å²) in [5, 5.41) is 0. The van der Waals surface area contributed by atoms with Crippen molar-refractivity contribution < 1.29 is 9.47 Å². The first-order valence-corrected chi connectivity index (χ1v) is 8.39. The van der Waals surface area contributed by atoms with E-state index in [2.05, 4.69) is 9.88 Å². The van der Waals surface area contributed by atoms with E-state index in [0.717, 1.165) is 52.9 Å². The summed E-state index contributed by atoms with van der Waals surface area (Å²) in [5.74, 6) is 3.06. The molecule has 7 nitrogen and oxygen atoms in total. The highest BCUT2D eigenvalue weighted by atomic mass is 16.5. The lowest BCUT2D eigenvalue weighted by atomic mass is 10.1. The third-order valence-electron chi connectivity index (χ3n) is 4.71. The number of aromatic nitrogens is 2. The van der Waals surface area contributed by atoms with Crippen LogP contribution in [0.15, 0.2) is 52.7 Å². The molecule has 2 aliphatic heterocycles. The van der Waals surface area contributed by atoms with Gasteiger partial charge in [-0.3, -0.25) is 14.5 Å². The molecular weight excluding hydrogens is 330 g/mol. The molecule has 0 bridgehead atoms. The number of methoxy groups -OCH3 is 2. The number of fused-ring (bicyclic) bond motifs is 4. The van der Waals surface area contributed by atoms with Gasteiger partial charge in [0.25, 0.3) is 0 Å². The van der Waals surface area contributed by atoms with Crippen LogP contribution in [0.1, 0.15) is 5.56 Å². The van der Waals surface area contributed by atoms with Gasteiger partial charge in [0.05, 0.1) is 37.4 Å². The Morgan fingerprint density at radius 3 is 2.81 bits per heavy atom. The predicted octanol–water partition coefficient (Wildman–Crippen LogP) is 2.67. The van der Waals surface area contributed by atoms with Crippen molar-refractivity contribution in [1.82, 2.24) is 14.5 Å². The zero-order valence-corrected chi connectivity index (χ0v) is 14.5. The topological polar surface area (TPSA) is 64.2 Å². The molecule has 0 aliphatic carbocycles. The van der Waals surface area contributed by atoms with Crippen LogP contribution in [0.2, 0.25) is 0 Å². The summed E-state index contributed by atoms with van der Waals surface area (Å²) < 4.78 is 13.0. The van der Waals surface area contributed by atoms with Crippen molar-refractivity contribution in [3.05, 3.63) is 48.3 Å². The van der Waals surface area contributed by atoms with E-state index in [1.165, 1.54) is 0 Å². The van der Waals surface area contributed by atoms with Crippen molar-refractivity contribution in [3.8, 4) is 11.5 Å².